The van der Waals surface area contributed by atoms with Crippen molar-refractivity contribution in [2.75, 3.05) is 13.2 Å². The summed E-state index contributed by atoms with van der Waals surface area (Å²) in [7, 11) is 0. The van der Waals surface area contributed by atoms with E-state index in [0.29, 0.717) is 37.5 Å². The lowest BCUT2D eigenvalue weighted by Crippen LogP contribution is -2.29. The van der Waals surface area contributed by atoms with Gasteiger partial charge >= 0.3 is 0 Å². The first-order chi connectivity index (χ1) is 11.7. The molecule has 4 rings (SSSR count). The fourth-order valence-electron chi connectivity index (χ4n) is 3.18. The van der Waals surface area contributed by atoms with Crippen molar-refractivity contribution in [3.63, 3.8) is 0 Å². The molecule has 1 aromatic carbocycles. The smallest absolute Gasteiger partial charge is 0.240 e. The van der Waals surface area contributed by atoms with Crippen molar-refractivity contribution in [1.29, 1.82) is 0 Å². The Hall–Kier alpha value is -2.08. The Kier molecular flexibility index (Phi) is 4.14. The summed E-state index contributed by atoms with van der Waals surface area (Å²) in [5, 5.41) is 3.90. The molecule has 1 aliphatic carbocycles. The van der Waals surface area contributed by atoms with Gasteiger partial charge in [-0.05, 0) is 44.4 Å². The SMILES string of the molecule is Cc1noc(CN(C2CC2)[C@@H](C)c2ccc3c(c2)OCCCO3)n1. The van der Waals surface area contributed by atoms with Gasteiger partial charge in [-0.2, -0.15) is 4.98 Å². The molecule has 1 saturated carbocycles. The van der Waals surface area contributed by atoms with Crippen LogP contribution in [0.1, 0.15) is 49.5 Å². The summed E-state index contributed by atoms with van der Waals surface area (Å²) in [6.07, 6.45) is 3.37. The number of aromatic nitrogens is 2. The van der Waals surface area contributed by atoms with E-state index in [1.165, 1.54) is 18.4 Å². The standard InChI is InChI=1S/C18H23N3O3/c1-12(14-4-7-16-17(10-14)23-9-3-8-22-16)21(15-5-6-15)11-18-19-13(2)20-24-18/h4,7,10,12,15H,3,5-6,8-9,11H2,1-2H3/t12-/m0/s1. The van der Waals surface area contributed by atoms with Crippen molar-refractivity contribution in [3.05, 3.63) is 35.5 Å². The maximum Gasteiger partial charge on any atom is 0.240 e. The number of nitrogens with zero attached hydrogens (tertiary/aromatic N) is 3. The van der Waals surface area contributed by atoms with Crippen LogP contribution in [0, 0.1) is 6.92 Å². The number of fused-ring (bicyclic) bond motifs is 1. The maximum atomic E-state index is 5.83. The van der Waals surface area contributed by atoms with Gasteiger partial charge in [-0.3, -0.25) is 4.90 Å². The second-order valence-corrected chi connectivity index (χ2v) is 6.57. The molecule has 0 saturated heterocycles. The normalized spacial score (nSPS) is 18.5. The molecule has 6 heteroatoms. The molecule has 2 heterocycles. The first-order valence-corrected chi connectivity index (χ1v) is 8.65. The van der Waals surface area contributed by atoms with Gasteiger partial charge in [-0.25, -0.2) is 0 Å². The van der Waals surface area contributed by atoms with Crippen LogP contribution in [-0.4, -0.2) is 34.3 Å². The summed E-state index contributed by atoms with van der Waals surface area (Å²) in [6, 6.07) is 7.10. The van der Waals surface area contributed by atoms with Gasteiger partial charge in [0.15, 0.2) is 17.3 Å². The monoisotopic (exact) mass is 329 g/mol. The number of benzene rings is 1. The first kappa shape index (κ1) is 15.4. The van der Waals surface area contributed by atoms with Crippen LogP contribution < -0.4 is 9.47 Å². The van der Waals surface area contributed by atoms with Crippen molar-refractivity contribution in [2.45, 2.75) is 51.7 Å². The van der Waals surface area contributed by atoms with Gasteiger partial charge in [0.25, 0.3) is 0 Å². The summed E-state index contributed by atoms with van der Waals surface area (Å²) in [5.41, 5.74) is 1.22. The van der Waals surface area contributed by atoms with Crippen LogP contribution in [0.25, 0.3) is 0 Å². The Morgan fingerprint density at radius 3 is 2.71 bits per heavy atom. The van der Waals surface area contributed by atoms with E-state index >= 15 is 0 Å². The van der Waals surface area contributed by atoms with Crippen molar-refractivity contribution in [2.24, 2.45) is 0 Å². The van der Waals surface area contributed by atoms with E-state index in [2.05, 4.69) is 34.1 Å². The molecule has 1 fully saturated rings. The van der Waals surface area contributed by atoms with E-state index in [9.17, 15) is 0 Å². The molecule has 0 radical (unpaired) electrons. The van der Waals surface area contributed by atoms with Gasteiger partial charge in [0.1, 0.15) is 0 Å². The minimum atomic E-state index is 0.252. The van der Waals surface area contributed by atoms with Gasteiger partial charge in [-0.15, -0.1) is 0 Å². The first-order valence-electron chi connectivity index (χ1n) is 8.65. The van der Waals surface area contributed by atoms with Gasteiger partial charge < -0.3 is 14.0 Å². The Balaban J connectivity index is 1.56. The summed E-state index contributed by atoms with van der Waals surface area (Å²) in [4.78, 5) is 6.79. The number of ether oxygens (including phenoxy) is 2. The molecular formula is C18H23N3O3. The molecule has 1 aromatic heterocycles. The number of aryl methyl sites for hydroxylation is 1. The average molecular weight is 329 g/mol. The van der Waals surface area contributed by atoms with Gasteiger partial charge in [0, 0.05) is 18.5 Å². The molecule has 0 amide bonds. The number of hydrogen-bond acceptors (Lipinski definition) is 6. The predicted molar refractivity (Wildman–Crippen MR) is 88.1 cm³/mol. The second kappa shape index (κ2) is 6.43. The molecule has 1 aliphatic heterocycles. The Labute approximate surface area is 141 Å². The Morgan fingerprint density at radius 1 is 1.21 bits per heavy atom. The van der Waals surface area contributed by atoms with E-state index in [1.54, 1.807) is 0 Å². The zero-order valence-corrected chi connectivity index (χ0v) is 14.2. The zero-order valence-electron chi connectivity index (χ0n) is 14.2. The molecule has 0 N–H and O–H groups in total. The summed E-state index contributed by atoms with van der Waals surface area (Å²) < 4.78 is 16.9. The third kappa shape index (κ3) is 3.24. The highest BCUT2D eigenvalue weighted by molar-refractivity contribution is 5.44. The molecule has 2 aliphatic rings. The fraction of sp³-hybridized carbons (Fsp3) is 0.556. The van der Waals surface area contributed by atoms with Crippen LogP contribution in [0.2, 0.25) is 0 Å². The van der Waals surface area contributed by atoms with E-state index in [-0.39, 0.29) is 6.04 Å². The molecule has 24 heavy (non-hydrogen) atoms. The lowest BCUT2D eigenvalue weighted by molar-refractivity contribution is 0.165. The van der Waals surface area contributed by atoms with Crippen molar-refractivity contribution in [1.82, 2.24) is 15.0 Å². The lowest BCUT2D eigenvalue weighted by atomic mass is 10.1. The number of hydrogen-bond donors (Lipinski definition) is 0. The van der Waals surface area contributed by atoms with Crippen LogP contribution in [0.15, 0.2) is 22.7 Å². The Morgan fingerprint density at radius 2 is 2.00 bits per heavy atom. The van der Waals surface area contributed by atoms with E-state index < -0.39 is 0 Å². The molecule has 6 nitrogen and oxygen atoms in total. The van der Waals surface area contributed by atoms with Gasteiger partial charge in [0.05, 0.1) is 19.8 Å². The third-order valence-corrected chi connectivity index (χ3v) is 4.65. The van der Waals surface area contributed by atoms with Crippen LogP contribution in [0.5, 0.6) is 11.5 Å². The van der Waals surface area contributed by atoms with Crippen LogP contribution in [0.3, 0.4) is 0 Å². The highest BCUT2D eigenvalue weighted by atomic mass is 16.5. The van der Waals surface area contributed by atoms with Gasteiger partial charge in [0.2, 0.25) is 5.89 Å². The van der Waals surface area contributed by atoms with E-state index in [1.807, 2.05) is 13.0 Å². The highest BCUT2D eigenvalue weighted by Gasteiger charge is 2.34. The van der Waals surface area contributed by atoms with Crippen molar-refractivity contribution in [3.8, 4) is 11.5 Å². The largest absolute Gasteiger partial charge is 0.490 e. The Bertz CT molecular complexity index is 711. The highest BCUT2D eigenvalue weighted by Crippen LogP contribution is 2.38. The summed E-state index contributed by atoms with van der Waals surface area (Å²) in [6.45, 7) is 6.18. The van der Waals surface area contributed by atoms with E-state index in [0.717, 1.165) is 17.9 Å². The molecule has 2 aromatic rings. The minimum absolute atomic E-state index is 0.252. The fourth-order valence-corrected chi connectivity index (χ4v) is 3.18. The summed E-state index contributed by atoms with van der Waals surface area (Å²) >= 11 is 0. The topological polar surface area (TPSA) is 60.6 Å². The molecular weight excluding hydrogens is 306 g/mol. The molecule has 0 unspecified atom stereocenters. The third-order valence-electron chi connectivity index (χ3n) is 4.65. The molecule has 1 atom stereocenters. The van der Waals surface area contributed by atoms with Crippen LogP contribution in [-0.2, 0) is 6.54 Å². The molecule has 0 spiro atoms. The minimum Gasteiger partial charge on any atom is -0.490 e. The van der Waals surface area contributed by atoms with Crippen LogP contribution >= 0.6 is 0 Å². The quantitative estimate of drug-likeness (QED) is 0.839. The second-order valence-electron chi connectivity index (χ2n) is 6.57. The van der Waals surface area contributed by atoms with Crippen LogP contribution in [0.4, 0.5) is 0 Å². The van der Waals surface area contributed by atoms with Crippen molar-refractivity contribution >= 4 is 0 Å². The van der Waals surface area contributed by atoms with Crippen molar-refractivity contribution < 1.29 is 14.0 Å². The van der Waals surface area contributed by atoms with Gasteiger partial charge in [-0.1, -0.05) is 11.2 Å². The van der Waals surface area contributed by atoms with E-state index in [4.69, 9.17) is 14.0 Å². The maximum absolute atomic E-state index is 5.83. The average Bonchev–Trinajstić information content (AvgIpc) is 3.37. The zero-order chi connectivity index (χ0) is 16.5. The molecule has 128 valence electrons. The molecule has 0 bridgehead atoms. The number of rotatable bonds is 5. The lowest BCUT2D eigenvalue weighted by Gasteiger charge is -2.28. The summed E-state index contributed by atoms with van der Waals surface area (Å²) in [5.74, 6) is 3.06. The predicted octanol–water partition coefficient (Wildman–Crippen LogP) is 3.26.